The Morgan fingerprint density at radius 2 is 2.07 bits per heavy atom. The first-order valence-corrected chi connectivity index (χ1v) is 10.6. The van der Waals surface area contributed by atoms with E-state index in [0.717, 1.165) is 34.7 Å². The van der Waals surface area contributed by atoms with E-state index < -0.39 is 0 Å². The van der Waals surface area contributed by atoms with E-state index in [0.29, 0.717) is 17.1 Å². The number of anilines is 1. The number of benzene rings is 2. The summed E-state index contributed by atoms with van der Waals surface area (Å²) >= 11 is 1.50. The Kier molecular flexibility index (Phi) is 5.58. The molecule has 150 valence electrons. The van der Waals surface area contributed by atoms with E-state index in [2.05, 4.69) is 15.7 Å². The minimum Gasteiger partial charge on any atom is -0.331 e. The number of hydrogen-bond donors (Lipinski definition) is 2. The third kappa shape index (κ3) is 4.45. The minimum atomic E-state index is -0.291. The number of nitrogens with one attached hydrogen (secondary N) is 2. The van der Waals surface area contributed by atoms with Gasteiger partial charge in [0.25, 0.3) is 0 Å². The number of aromatic nitrogens is 2. The van der Waals surface area contributed by atoms with Gasteiger partial charge >= 0.3 is 6.03 Å². The molecule has 1 aromatic heterocycles. The van der Waals surface area contributed by atoms with Crippen molar-refractivity contribution in [3.63, 3.8) is 0 Å². The molecule has 7 heteroatoms. The predicted molar refractivity (Wildman–Crippen MR) is 114 cm³/mol. The molecule has 0 aliphatic carbocycles. The Hall–Kier alpha value is -2.80. The Morgan fingerprint density at radius 3 is 2.86 bits per heavy atom. The topological polar surface area (TPSA) is 59.0 Å². The maximum absolute atomic E-state index is 14.0. The number of rotatable bonds is 4. The number of aryl methyl sites for hydroxylation is 2. The van der Waals surface area contributed by atoms with Gasteiger partial charge in [0.2, 0.25) is 0 Å². The van der Waals surface area contributed by atoms with Crippen molar-refractivity contribution in [2.75, 3.05) is 11.1 Å². The molecule has 0 fully saturated rings. The first kappa shape index (κ1) is 19.5. The lowest BCUT2D eigenvalue weighted by Gasteiger charge is -2.26. The second kappa shape index (κ2) is 8.29. The molecule has 1 atom stereocenters. The summed E-state index contributed by atoms with van der Waals surface area (Å²) in [5.41, 5.74) is 4.69. The summed E-state index contributed by atoms with van der Waals surface area (Å²) in [5, 5.41) is 10.4. The van der Waals surface area contributed by atoms with Crippen molar-refractivity contribution in [2.24, 2.45) is 0 Å². The first-order chi connectivity index (χ1) is 14.0. The molecule has 3 aromatic rings. The van der Waals surface area contributed by atoms with Gasteiger partial charge in [-0.2, -0.15) is 5.10 Å². The molecule has 5 nitrogen and oxygen atoms in total. The van der Waals surface area contributed by atoms with Crippen LogP contribution in [0.2, 0.25) is 0 Å². The normalized spacial score (nSPS) is 15.6. The summed E-state index contributed by atoms with van der Waals surface area (Å²) in [4.78, 5) is 13.2. The number of carbonyl (C=O) groups is 1. The Labute approximate surface area is 173 Å². The highest BCUT2D eigenvalue weighted by Gasteiger charge is 2.24. The van der Waals surface area contributed by atoms with Crippen molar-refractivity contribution in [3.05, 3.63) is 76.9 Å². The summed E-state index contributed by atoms with van der Waals surface area (Å²) in [5.74, 6) is 0.549. The van der Waals surface area contributed by atoms with E-state index in [-0.39, 0.29) is 17.9 Å². The molecular formula is C22H23FN4OS. The van der Waals surface area contributed by atoms with E-state index in [1.54, 1.807) is 6.07 Å². The van der Waals surface area contributed by atoms with Crippen LogP contribution in [0.25, 0.3) is 0 Å². The lowest BCUT2D eigenvalue weighted by Crippen LogP contribution is -2.34. The van der Waals surface area contributed by atoms with Crippen molar-refractivity contribution in [1.29, 1.82) is 0 Å². The summed E-state index contributed by atoms with van der Waals surface area (Å²) in [6.07, 6.45) is 0.770. The average Bonchev–Trinajstić information content (AvgIpc) is 3.00. The number of fused-ring (bicyclic) bond motifs is 1. The van der Waals surface area contributed by atoms with Crippen LogP contribution in [0.5, 0.6) is 0 Å². The highest BCUT2D eigenvalue weighted by atomic mass is 32.2. The fraction of sp³-hybridized carbons (Fsp3) is 0.273. The van der Waals surface area contributed by atoms with Crippen molar-refractivity contribution in [1.82, 2.24) is 15.1 Å². The van der Waals surface area contributed by atoms with Crippen LogP contribution in [0, 0.1) is 19.7 Å². The van der Waals surface area contributed by atoms with E-state index in [4.69, 9.17) is 0 Å². The van der Waals surface area contributed by atoms with Crippen LogP contribution in [-0.4, -0.2) is 21.6 Å². The maximum atomic E-state index is 14.0. The standard InChI is InChI=1S/C22H23FN4OS/c1-14-11-15(2)27(26-14)13-16-5-3-6-17(12-16)24-22(28)25-20-9-10-29-21-18(20)7-4-8-19(21)23/h3-8,11-12,20H,9-10,13H2,1-2H3,(H2,24,25,28). The van der Waals surface area contributed by atoms with Gasteiger partial charge in [0, 0.05) is 22.0 Å². The zero-order chi connectivity index (χ0) is 20.4. The molecule has 1 unspecified atom stereocenters. The molecule has 2 aromatic carbocycles. The summed E-state index contributed by atoms with van der Waals surface area (Å²) in [6, 6.07) is 14.3. The second-order valence-corrected chi connectivity index (χ2v) is 8.34. The minimum absolute atomic E-state index is 0.195. The molecule has 0 spiro atoms. The molecule has 2 amide bonds. The second-order valence-electron chi connectivity index (χ2n) is 7.23. The summed E-state index contributed by atoms with van der Waals surface area (Å²) < 4.78 is 16.0. The number of amides is 2. The van der Waals surface area contributed by atoms with Gasteiger partial charge in [0.1, 0.15) is 5.82 Å². The fourth-order valence-electron chi connectivity index (χ4n) is 3.62. The van der Waals surface area contributed by atoms with Crippen molar-refractivity contribution >= 4 is 23.5 Å². The lowest BCUT2D eigenvalue weighted by atomic mass is 10.0. The van der Waals surface area contributed by atoms with Gasteiger partial charge in [0.05, 0.1) is 18.3 Å². The molecule has 29 heavy (non-hydrogen) atoms. The molecular weight excluding hydrogens is 387 g/mol. The quantitative estimate of drug-likeness (QED) is 0.633. The van der Waals surface area contributed by atoms with E-state index in [1.807, 2.05) is 54.9 Å². The summed E-state index contributed by atoms with van der Waals surface area (Å²) in [6.45, 7) is 4.64. The van der Waals surface area contributed by atoms with Gasteiger partial charge in [-0.05, 0) is 55.7 Å². The molecule has 1 aliphatic rings. The monoisotopic (exact) mass is 410 g/mol. The van der Waals surface area contributed by atoms with Crippen LogP contribution >= 0.6 is 11.8 Å². The van der Waals surface area contributed by atoms with Crippen LogP contribution in [-0.2, 0) is 6.54 Å². The molecule has 0 radical (unpaired) electrons. The highest BCUT2D eigenvalue weighted by Crippen LogP contribution is 2.37. The van der Waals surface area contributed by atoms with Gasteiger partial charge < -0.3 is 10.6 Å². The molecule has 0 bridgehead atoms. The Bertz CT molecular complexity index is 1050. The van der Waals surface area contributed by atoms with Gasteiger partial charge in [-0.3, -0.25) is 4.68 Å². The molecule has 4 rings (SSSR count). The van der Waals surface area contributed by atoms with Crippen LogP contribution in [0.4, 0.5) is 14.9 Å². The highest BCUT2D eigenvalue weighted by molar-refractivity contribution is 7.99. The number of hydrogen-bond acceptors (Lipinski definition) is 3. The zero-order valence-corrected chi connectivity index (χ0v) is 17.2. The van der Waals surface area contributed by atoms with Gasteiger partial charge in [-0.15, -0.1) is 11.8 Å². The van der Waals surface area contributed by atoms with Crippen molar-refractivity contribution in [3.8, 4) is 0 Å². The van der Waals surface area contributed by atoms with Crippen LogP contribution in [0.15, 0.2) is 53.4 Å². The molecule has 2 heterocycles. The van der Waals surface area contributed by atoms with Crippen molar-refractivity contribution in [2.45, 2.75) is 37.8 Å². The van der Waals surface area contributed by atoms with E-state index >= 15 is 0 Å². The van der Waals surface area contributed by atoms with Crippen LogP contribution in [0.1, 0.15) is 35.0 Å². The predicted octanol–water partition coefficient (Wildman–Crippen LogP) is 5.05. The van der Waals surface area contributed by atoms with Gasteiger partial charge in [0.15, 0.2) is 0 Å². The summed E-state index contributed by atoms with van der Waals surface area (Å²) in [7, 11) is 0. The molecule has 0 saturated heterocycles. The zero-order valence-electron chi connectivity index (χ0n) is 16.4. The van der Waals surface area contributed by atoms with Gasteiger partial charge in [-0.25, -0.2) is 9.18 Å². The molecule has 2 N–H and O–H groups in total. The van der Waals surface area contributed by atoms with Crippen molar-refractivity contribution < 1.29 is 9.18 Å². The molecule has 0 saturated carbocycles. The number of nitrogens with zero attached hydrogens (tertiary/aromatic N) is 2. The first-order valence-electron chi connectivity index (χ1n) is 9.58. The third-order valence-corrected chi connectivity index (χ3v) is 6.11. The number of thioether (sulfide) groups is 1. The smallest absolute Gasteiger partial charge is 0.319 e. The van der Waals surface area contributed by atoms with Crippen LogP contribution < -0.4 is 10.6 Å². The van der Waals surface area contributed by atoms with E-state index in [9.17, 15) is 9.18 Å². The number of carbonyl (C=O) groups excluding carboxylic acids is 1. The molecule has 1 aliphatic heterocycles. The Balaban J connectivity index is 1.43. The SMILES string of the molecule is Cc1cc(C)n(Cc2cccc(NC(=O)NC3CCSc4c(F)cccc43)c2)n1. The van der Waals surface area contributed by atoms with E-state index in [1.165, 1.54) is 17.8 Å². The lowest BCUT2D eigenvalue weighted by molar-refractivity contribution is 0.248. The largest absolute Gasteiger partial charge is 0.331 e. The fourth-order valence-corrected chi connectivity index (χ4v) is 4.76. The maximum Gasteiger partial charge on any atom is 0.319 e. The van der Waals surface area contributed by atoms with Gasteiger partial charge in [-0.1, -0.05) is 24.3 Å². The Morgan fingerprint density at radius 1 is 1.24 bits per heavy atom. The van der Waals surface area contributed by atoms with Crippen LogP contribution in [0.3, 0.4) is 0 Å². The number of urea groups is 1. The third-order valence-electron chi connectivity index (χ3n) is 4.95. The number of halogens is 1. The average molecular weight is 411 g/mol.